The molecule has 2 aliphatic rings. The third-order valence-corrected chi connectivity index (χ3v) is 8.18. The van der Waals surface area contributed by atoms with E-state index in [0.29, 0.717) is 22.9 Å². The summed E-state index contributed by atoms with van der Waals surface area (Å²) in [7, 11) is 0. The number of ether oxygens (including phenoxy) is 2. The predicted molar refractivity (Wildman–Crippen MR) is 170 cm³/mol. The molecule has 3 aromatic carbocycles. The number of hydrogen-bond donors (Lipinski definition) is 1. The Morgan fingerprint density at radius 1 is 0.898 bits per heavy atom. The quantitative estimate of drug-likeness (QED) is 0.110. The first-order valence-electron chi connectivity index (χ1n) is 15.0. The van der Waals surface area contributed by atoms with E-state index in [0.717, 1.165) is 57.7 Å². The van der Waals surface area contributed by atoms with Crippen LogP contribution in [0.2, 0.25) is 0 Å². The standard InChI is InChI=1S/C37H25F4N5O3/c38-28-12-16-32(33(39)19-28)36(47,21-46-22-43-44-45-46)37(40,41)34-17-10-25(20-42-34)7-6-24-8-13-29(14-9-24)48-23-49-35-27-11-15-30(31(35)18-27)26-4-2-1-3-5-26/h1-5,8-20,22,35,47H,21,23H2. The molecule has 1 N–H and O–H groups in total. The van der Waals surface area contributed by atoms with Gasteiger partial charge in [-0.25, -0.2) is 13.5 Å². The van der Waals surface area contributed by atoms with Crippen molar-refractivity contribution in [3.05, 3.63) is 166 Å². The van der Waals surface area contributed by atoms with Crippen molar-refractivity contribution in [2.75, 3.05) is 6.79 Å². The molecule has 12 heteroatoms. The summed E-state index contributed by atoms with van der Waals surface area (Å²) in [6.45, 7) is -0.901. The van der Waals surface area contributed by atoms with Crippen LogP contribution in [0.5, 0.6) is 5.75 Å². The molecule has 2 heterocycles. The van der Waals surface area contributed by atoms with Crippen molar-refractivity contribution in [3.63, 3.8) is 0 Å². The van der Waals surface area contributed by atoms with Crippen molar-refractivity contribution >= 4 is 5.57 Å². The van der Waals surface area contributed by atoms with Crippen molar-refractivity contribution in [1.82, 2.24) is 25.2 Å². The van der Waals surface area contributed by atoms with Gasteiger partial charge in [0.05, 0.1) is 6.54 Å². The molecule has 49 heavy (non-hydrogen) atoms. The van der Waals surface area contributed by atoms with Gasteiger partial charge in [-0.2, -0.15) is 8.78 Å². The van der Waals surface area contributed by atoms with E-state index in [1.54, 1.807) is 24.3 Å². The summed E-state index contributed by atoms with van der Waals surface area (Å²) in [5.41, 5.74) is 0.453. The fourth-order valence-electron chi connectivity index (χ4n) is 5.59. The fraction of sp³-hybridized carbons (Fsp3) is 0.135. The lowest BCUT2D eigenvalue weighted by Gasteiger charge is -2.35. The van der Waals surface area contributed by atoms with E-state index in [1.165, 1.54) is 6.07 Å². The highest BCUT2D eigenvalue weighted by atomic mass is 19.3. The van der Waals surface area contributed by atoms with E-state index in [9.17, 15) is 13.9 Å². The molecule has 0 radical (unpaired) electrons. The molecule has 0 saturated heterocycles. The van der Waals surface area contributed by atoms with Gasteiger partial charge < -0.3 is 14.6 Å². The molecule has 2 atom stereocenters. The second-order valence-corrected chi connectivity index (χ2v) is 11.3. The minimum Gasteiger partial charge on any atom is -0.468 e. The van der Waals surface area contributed by atoms with Gasteiger partial charge in [0.15, 0.2) is 12.4 Å². The fourth-order valence-corrected chi connectivity index (χ4v) is 5.59. The van der Waals surface area contributed by atoms with Gasteiger partial charge in [-0.1, -0.05) is 54.3 Å². The van der Waals surface area contributed by atoms with Crippen molar-refractivity contribution in [2.45, 2.75) is 24.2 Å². The number of allylic oxidation sites excluding steroid dienone is 2. The number of halogens is 4. The first kappa shape index (κ1) is 31.7. The van der Waals surface area contributed by atoms with Gasteiger partial charge in [0, 0.05) is 29.0 Å². The number of hydrogen-bond acceptors (Lipinski definition) is 7. The number of aromatic nitrogens is 5. The Morgan fingerprint density at radius 3 is 2.37 bits per heavy atom. The molecule has 0 amide bonds. The Hall–Kier alpha value is -5.90. The summed E-state index contributed by atoms with van der Waals surface area (Å²) in [5.74, 6) is -0.157. The summed E-state index contributed by atoms with van der Waals surface area (Å²) in [6.07, 6.45) is 8.21. The summed E-state index contributed by atoms with van der Waals surface area (Å²) in [4.78, 5) is 3.83. The van der Waals surface area contributed by atoms with E-state index in [2.05, 4.69) is 62.7 Å². The number of benzene rings is 3. The minimum atomic E-state index is -4.17. The smallest absolute Gasteiger partial charge is 0.323 e. The zero-order valence-corrected chi connectivity index (χ0v) is 25.5. The van der Waals surface area contributed by atoms with Gasteiger partial charge in [-0.05, 0) is 87.3 Å². The molecule has 2 aromatic heterocycles. The number of aliphatic hydroxyl groups is 1. The van der Waals surface area contributed by atoms with E-state index < -0.39 is 41.0 Å². The monoisotopic (exact) mass is 663 g/mol. The molecule has 2 aliphatic carbocycles. The second-order valence-electron chi connectivity index (χ2n) is 11.3. The average molecular weight is 664 g/mol. The first-order chi connectivity index (χ1) is 23.7. The lowest BCUT2D eigenvalue weighted by molar-refractivity contribution is -0.207. The molecule has 0 fully saturated rings. The maximum Gasteiger partial charge on any atom is 0.323 e. The highest BCUT2D eigenvalue weighted by Gasteiger charge is 2.58. The second kappa shape index (κ2) is 13.0. The molecular weight excluding hydrogens is 638 g/mol. The average Bonchev–Trinajstić information content (AvgIpc) is 3.63. The van der Waals surface area contributed by atoms with Gasteiger partial charge >= 0.3 is 5.92 Å². The van der Waals surface area contributed by atoms with Crippen LogP contribution in [-0.2, 0) is 22.8 Å². The first-order valence-corrected chi connectivity index (χ1v) is 15.0. The number of pyridine rings is 1. The van der Waals surface area contributed by atoms with Crippen molar-refractivity contribution in [1.29, 1.82) is 0 Å². The normalized spacial score (nSPS) is 16.3. The summed E-state index contributed by atoms with van der Waals surface area (Å²) < 4.78 is 72.9. The number of fused-ring (bicyclic) bond motifs is 2. The van der Waals surface area contributed by atoms with Crippen molar-refractivity contribution in [2.24, 2.45) is 0 Å². The largest absolute Gasteiger partial charge is 0.468 e. The number of tetrazole rings is 1. The summed E-state index contributed by atoms with van der Waals surface area (Å²) in [5, 5.41) is 21.6. The van der Waals surface area contributed by atoms with E-state index in [1.807, 2.05) is 18.2 Å². The molecule has 0 spiro atoms. The number of nitrogens with zero attached hydrogens (tertiary/aromatic N) is 5. The van der Waals surface area contributed by atoms with E-state index in [-0.39, 0.29) is 12.9 Å². The van der Waals surface area contributed by atoms with Gasteiger partial charge in [-0.3, -0.25) is 4.98 Å². The lowest BCUT2D eigenvalue weighted by Crippen LogP contribution is -2.48. The van der Waals surface area contributed by atoms with E-state index in [4.69, 9.17) is 9.47 Å². The SMILES string of the molecule is OC(Cn1cnnn1)(c1ccc(F)cc1F)C(F)(F)c1ccc(C#Cc2ccc(OCOC3c4ccc(-c5ccccc5)c3c4)cc2)cn1. The highest BCUT2D eigenvalue weighted by Crippen LogP contribution is 2.47. The third kappa shape index (κ3) is 6.25. The maximum atomic E-state index is 16.0. The van der Waals surface area contributed by atoms with Crippen LogP contribution in [-0.4, -0.2) is 43.2 Å². The predicted octanol–water partition coefficient (Wildman–Crippen LogP) is 6.11. The number of rotatable bonds is 10. The van der Waals surface area contributed by atoms with Gasteiger partial charge in [-0.15, -0.1) is 5.10 Å². The Kier molecular flexibility index (Phi) is 8.38. The van der Waals surface area contributed by atoms with E-state index >= 15 is 8.78 Å². The summed E-state index contributed by atoms with van der Waals surface area (Å²) >= 11 is 0. The molecular formula is C37H25F4N5O3. The van der Waals surface area contributed by atoms with Crippen LogP contribution in [0.1, 0.15) is 27.9 Å². The van der Waals surface area contributed by atoms with Crippen LogP contribution in [0.15, 0.2) is 127 Å². The van der Waals surface area contributed by atoms with Crippen LogP contribution < -0.4 is 4.74 Å². The highest BCUT2D eigenvalue weighted by molar-refractivity contribution is 5.88. The molecule has 0 saturated carbocycles. The zero-order valence-electron chi connectivity index (χ0n) is 25.5. The Morgan fingerprint density at radius 2 is 1.67 bits per heavy atom. The zero-order chi connectivity index (χ0) is 34.0. The Balaban J connectivity index is 0.990. The molecule has 5 aromatic rings. The lowest BCUT2D eigenvalue weighted by atomic mass is 9.77. The van der Waals surface area contributed by atoms with Crippen LogP contribution >= 0.6 is 0 Å². The topological polar surface area (TPSA) is 95.2 Å². The number of alkyl halides is 2. The van der Waals surface area contributed by atoms with Crippen LogP contribution in [0.3, 0.4) is 0 Å². The Labute approximate surface area is 277 Å². The van der Waals surface area contributed by atoms with Crippen LogP contribution in [0.4, 0.5) is 17.6 Å². The van der Waals surface area contributed by atoms with Gasteiger partial charge in [0.25, 0.3) is 0 Å². The van der Waals surface area contributed by atoms with Crippen molar-refractivity contribution < 1.29 is 32.1 Å². The Bertz CT molecular complexity index is 2140. The minimum absolute atomic E-state index is 0.0493. The van der Waals surface area contributed by atoms with Crippen molar-refractivity contribution in [3.8, 4) is 17.6 Å². The van der Waals surface area contributed by atoms with Crippen LogP contribution in [0, 0.1) is 23.5 Å². The third-order valence-electron chi connectivity index (χ3n) is 8.18. The maximum absolute atomic E-state index is 16.0. The van der Waals surface area contributed by atoms with Crippen LogP contribution in [0.25, 0.3) is 5.57 Å². The molecule has 8 nitrogen and oxygen atoms in total. The molecule has 2 bridgehead atoms. The molecule has 7 rings (SSSR count). The molecule has 2 unspecified atom stereocenters. The van der Waals surface area contributed by atoms with Gasteiger partial charge in [0.1, 0.15) is 35.5 Å². The molecule has 244 valence electrons. The van der Waals surface area contributed by atoms with Gasteiger partial charge in [0.2, 0.25) is 0 Å². The summed E-state index contributed by atoms with van der Waals surface area (Å²) in [6, 6.07) is 21.3. The molecule has 0 aliphatic heterocycles.